The van der Waals surface area contributed by atoms with E-state index in [0.717, 1.165) is 0 Å². The molecule has 0 aliphatic heterocycles. The molecule has 115 valence electrons. The summed E-state index contributed by atoms with van der Waals surface area (Å²) in [4.78, 5) is 0. The second-order valence-corrected chi connectivity index (χ2v) is 12.5. The fourth-order valence-electron chi connectivity index (χ4n) is 3.27. The van der Waals surface area contributed by atoms with E-state index in [2.05, 4.69) is 73.9 Å². The molecule has 2 rings (SSSR count). The predicted molar refractivity (Wildman–Crippen MR) is 94.4 cm³/mol. The molecule has 0 saturated heterocycles. The number of nitrogens with one attached hydrogen (secondary N) is 2. The van der Waals surface area contributed by atoms with Gasteiger partial charge in [-0.1, -0.05) is 0 Å². The summed E-state index contributed by atoms with van der Waals surface area (Å²) >= 11 is -2.56. The van der Waals surface area contributed by atoms with Crippen molar-refractivity contribution in [2.24, 2.45) is 0 Å². The molecule has 2 N–H and O–H groups in total. The van der Waals surface area contributed by atoms with Gasteiger partial charge >= 0.3 is 144 Å². The van der Waals surface area contributed by atoms with Crippen molar-refractivity contribution < 1.29 is 15.4 Å². The molecule has 0 aliphatic rings. The Hall–Kier alpha value is -1.05. The van der Waals surface area contributed by atoms with E-state index in [0.29, 0.717) is 0 Å². The number of halogens is 1. The Morgan fingerprint density at radius 3 is 1.18 bits per heavy atom. The van der Waals surface area contributed by atoms with Gasteiger partial charge in [0.05, 0.1) is 0 Å². The molecule has 0 aliphatic carbocycles. The molecule has 2 aromatic carbocycles. The number of benzene rings is 2. The van der Waals surface area contributed by atoms with Gasteiger partial charge in [0, 0.05) is 0 Å². The Labute approximate surface area is 143 Å². The monoisotopic (exact) mass is 367 g/mol. The van der Waals surface area contributed by atoms with E-state index in [4.69, 9.17) is 9.69 Å². The Balaban J connectivity index is 2.19. The maximum absolute atomic E-state index is 6.70. The third-order valence-electron chi connectivity index (χ3n) is 4.02. The van der Waals surface area contributed by atoms with Crippen LogP contribution in [0.5, 0.6) is 0 Å². The van der Waals surface area contributed by atoms with Crippen LogP contribution in [0.4, 0.5) is 11.4 Å². The first-order chi connectivity index (χ1) is 10.3. The molecule has 0 fully saturated rings. The molecule has 0 amide bonds. The molecule has 0 aromatic heterocycles. The van der Waals surface area contributed by atoms with Crippen molar-refractivity contribution in [1.29, 1.82) is 0 Å². The average molecular weight is 369 g/mol. The van der Waals surface area contributed by atoms with E-state index in [1.807, 2.05) is 0 Å². The number of rotatable bonds is 4. The molecule has 2 aromatic rings. The summed E-state index contributed by atoms with van der Waals surface area (Å²) in [6.07, 6.45) is 0. The first-order valence-electron chi connectivity index (χ1n) is 7.78. The summed E-state index contributed by atoms with van der Waals surface area (Å²) in [5.41, 5.74) is 10.0. The van der Waals surface area contributed by atoms with Crippen molar-refractivity contribution in [3.05, 3.63) is 57.6 Å². The molecular weight excluding hydrogens is 345 g/mol. The Morgan fingerprint density at radius 2 is 0.909 bits per heavy atom. The molecule has 0 heterocycles. The van der Waals surface area contributed by atoms with Gasteiger partial charge in [0.15, 0.2) is 0 Å². The van der Waals surface area contributed by atoms with Crippen LogP contribution in [0, 0.1) is 41.5 Å². The molecule has 0 radical (unpaired) electrons. The summed E-state index contributed by atoms with van der Waals surface area (Å²) < 4.78 is 7.17. The van der Waals surface area contributed by atoms with Crippen molar-refractivity contribution in [3.8, 4) is 0 Å². The Morgan fingerprint density at radius 1 is 0.636 bits per heavy atom. The van der Waals surface area contributed by atoms with Crippen LogP contribution in [-0.4, -0.2) is 0 Å². The van der Waals surface area contributed by atoms with Gasteiger partial charge in [-0.25, -0.2) is 0 Å². The fourth-order valence-corrected chi connectivity index (χ4v) is 8.49. The molecule has 22 heavy (non-hydrogen) atoms. The van der Waals surface area contributed by atoms with Crippen LogP contribution in [0.1, 0.15) is 33.4 Å². The van der Waals surface area contributed by atoms with Crippen molar-refractivity contribution in [1.82, 2.24) is 0 Å². The number of hydrogen-bond donors (Lipinski definition) is 2. The van der Waals surface area contributed by atoms with Crippen LogP contribution in [0.3, 0.4) is 0 Å². The van der Waals surface area contributed by atoms with E-state index in [-0.39, 0.29) is 0 Å². The minimum atomic E-state index is -2.56. The van der Waals surface area contributed by atoms with Crippen LogP contribution in [0.25, 0.3) is 0 Å². The van der Waals surface area contributed by atoms with Crippen LogP contribution in [0.2, 0.25) is 0 Å². The van der Waals surface area contributed by atoms with Crippen LogP contribution in [0.15, 0.2) is 24.3 Å². The molecule has 0 saturated carbocycles. The van der Waals surface area contributed by atoms with Crippen molar-refractivity contribution in [2.45, 2.75) is 41.5 Å². The average Bonchev–Trinajstić information content (AvgIpc) is 2.38. The second-order valence-electron chi connectivity index (χ2n) is 6.35. The minimum absolute atomic E-state index is 1.19. The Bertz CT molecular complexity index is 592. The number of anilines is 2. The summed E-state index contributed by atoms with van der Waals surface area (Å²) in [5, 5.41) is 0. The van der Waals surface area contributed by atoms with Gasteiger partial charge in [-0.15, -0.1) is 0 Å². The van der Waals surface area contributed by atoms with Gasteiger partial charge in [-0.05, 0) is 0 Å². The van der Waals surface area contributed by atoms with Crippen molar-refractivity contribution in [2.75, 3.05) is 8.12 Å². The molecule has 0 unspecified atom stereocenters. The maximum atomic E-state index is 6.70. The molecule has 2 nitrogen and oxygen atoms in total. The van der Waals surface area contributed by atoms with E-state index >= 15 is 0 Å². The zero-order valence-electron chi connectivity index (χ0n) is 14.4. The SMILES string of the molecule is Cc1cc(C)c([NH][Zn]([Cl])[NH]c2c(C)cc(C)cc2C)c(C)c1. The summed E-state index contributed by atoms with van der Waals surface area (Å²) in [5.74, 6) is 0. The third kappa shape index (κ3) is 4.03. The van der Waals surface area contributed by atoms with Gasteiger partial charge in [0.1, 0.15) is 0 Å². The third-order valence-corrected chi connectivity index (χ3v) is 8.19. The van der Waals surface area contributed by atoms with E-state index in [9.17, 15) is 0 Å². The van der Waals surface area contributed by atoms with Crippen LogP contribution >= 0.6 is 9.69 Å². The van der Waals surface area contributed by atoms with Crippen molar-refractivity contribution in [3.63, 3.8) is 0 Å². The van der Waals surface area contributed by atoms with Crippen LogP contribution < -0.4 is 8.12 Å². The topological polar surface area (TPSA) is 24.1 Å². The number of hydrogen-bond acceptors (Lipinski definition) is 2. The zero-order chi connectivity index (χ0) is 16.4. The van der Waals surface area contributed by atoms with Gasteiger partial charge in [0.2, 0.25) is 0 Å². The van der Waals surface area contributed by atoms with Gasteiger partial charge in [0.25, 0.3) is 0 Å². The molecule has 4 heteroatoms. The summed E-state index contributed by atoms with van der Waals surface area (Å²) in [6.45, 7) is 12.8. The van der Waals surface area contributed by atoms with Gasteiger partial charge in [-0.3, -0.25) is 0 Å². The summed E-state index contributed by atoms with van der Waals surface area (Å²) in [7, 11) is 6.70. The molecule has 0 spiro atoms. The number of aryl methyl sites for hydroxylation is 6. The standard InChI is InChI=1S/2C9H12N.ClH.Zn/c2*1-6-4-7(2)9(10)8(3)5-6;;/h2*4-5,10H,1-3H3;1H;/q2*-1;;+3/p-1. The quantitative estimate of drug-likeness (QED) is 0.680. The normalized spacial score (nSPS) is 10.5. The first-order valence-corrected chi connectivity index (χ1v) is 14.6. The molecular formula is C18H24ClN2Zn. The van der Waals surface area contributed by atoms with E-state index in [1.165, 1.54) is 44.8 Å². The molecule has 0 atom stereocenters. The second kappa shape index (κ2) is 7.02. The zero-order valence-corrected chi connectivity index (χ0v) is 18.1. The summed E-state index contributed by atoms with van der Waals surface area (Å²) in [6, 6.07) is 8.81. The van der Waals surface area contributed by atoms with Crippen LogP contribution in [-0.2, 0) is 15.4 Å². The predicted octanol–water partition coefficient (Wildman–Crippen LogP) is 5.66. The van der Waals surface area contributed by atoms with Crippen molar-refractivity contribution >= 4 is 21.1 Å². The van der Waals surface area contributed by atoms with Gasteiger partial charge < -0.3 is 0 Å². The molecule has 0 bridgehead atoms. The first kappa shape index (κ1) is 17.3. The fraction of sp³-hybridized carbons (Fsp3) is 0.333. The van der Waals surface area contributed by atoms with E-state index in [1.54, 1.807) is 0 Å². The Kier molecular flexibility index (Phi) is 5.52. The van der Waals surface area contributed by atoms with E-state index < -0.39 is 15.4 Å². The van der Waals surface area contributed by atoms with Gasteiger partial charge in [-0.2, -0.15) is 0 Å².